The molecule has 6 heteroatoms. The molecule has 0 spiro atoms. The molecule has 1 heterocycles. The van der Waals surface area contributed by atoms with Gasteiger partial charge in [-0.2, -0.15) is 0 Å². The highest BCUT2D eigenvalue weighted by atomic mass is 19.4. The van der Waals surface area contributed by atoms with Crippen LogP contribution in [0, 0.1) is 0 Å². The summed E-state index contributed by atoms with van der Waals surface area (Å²) in [6, 6.07) is 0.383. The number of rotatable bonds is 6. The largest absolute Gasteiger partial charge is 0.522 e. The Balaban J connectivity index is 1.98. The summed E-state index contributed by atoms with van der Waals surface area (Å²) < 4.78 is 38.5. The maximum atomic E-state index is 11.6. The highest BCUT2D eigenvalue weighted by Crippen LogP contribution is 2.15. The summed E-state index contributed by atoms with van der Waals surface area (Å²) in [7, 11) is 0. The summed E-state index contributed by atoms with van der Waals surface area (Å²) in [6.45, 7) is 4.90. The molecule has 0 aliphatic carbocycles. The fourth-order valence-corrected chi connectivity index (χ4v) is 1.86. The van der Waals surface area contributed by atoms with E-state index in [9.17, 15) is 13.2 Å². The van der Waals surface area contributed by atoms with Gasteiger partial charge < -0.3 is 5.32 Å². The van der Waals surface area contributed by atoms with Gasteiger partial charge in [0.1, 0.15) is 0 Å². The third-order valence-electron chi connectivity index (χ3n) is 2.75. The Hall–Kier alpha value is -0.330. The van der Waals surface area contributed by atoms with E-state index in [4.69, 9.17) is 0 Å². The maximum Gasteiger partial charge on any atom is 0.522 e. The number of halogens is 3. The van der Waals surface area contributed by atoms with Crippen LogP contribution in [-0.2, 0) is 4.74 Å². The standard InChI is InChI=1S/C10H19F3N2O/c1-9(15-5-2-3-6-15)8-14-4-7-16-10(11,12)13/h9,14H,2-8H2,1H3. The van der Waals surface area contributed by atoms with E-state index in [0.717, 1.165) is 13.1 Å². The lowest BCUT2D eigenvalue weighted by atomic mass is 10.3. The predicted octanol–water partition coefficient (Wildman–Crippen LogP) is 1.60. The van der Waals surface area contributed by atoms with Crippen molar-refractivity contribution in [3.05, 3.63) is 0 Å². The third kappa shape index (κ3) is 5.67. The quantitative estimate of drug-likeness (QED) is 0.714. The van der Waals surface area contributed by atoms with E-state index in [1.807, 2.05) is 0 Å². The Kier molecular flexibility index (Phi) is 5.51. The molecule has 1 aliphatic heterocycles. The van der Waals surface area contributed by atoms with Gasteiger partial charge in [-0.3, -0.25) is 9.64 Å². The zero-order valence-corrected chi connectivity index (χ0v) is 9.52. The minimum absolute atomic E-state index is 0.234. The molecule has 1 saturated heterocycles. The smallest absolute Gasteiger partial charge is 0.313 e. The molecule has 1 unspecified atom stereocenters. The molecule has 3 nitrogen and oxygen atoms in total. The van der Waals surface area contributed by atoms with Crippen LogP contribution in [0.1, 0.15) is 19.8 Å². The van der Waals surface area contributed by atoms with Crippen LogP contribution in [0.3, 0.4) is 0 Å². The van der Waals surface area contributed by atoms with Gasteiger partial charge in [0.25, 0.3) is 0 Å². The molecular weight excluding hydrogens is 221 g/mol. The number of hydrogen-bond donors (Lipinski definition) is 1. The summed E-state index contributed by atoms with van der Waals surface area (Å²) >= 11 is 0. The molecule has 1 fully saturated rings. The molecule has 1 N–H and O–H groups in total. The molecule has 96 valence electrons. The molecule has 1 aliphatic rings. The van der Waals surface area contributed by atoms with Crippen LogP contribution < -0.4 is 5.32 Å². The van der Waals surface area contributed by atoms with Gasteiger partial charge in [-0.15, -0.1) is 13.2 Å². The monoisotopic (exact) mass is 240 g/mol. The molecule has 0 radical (unpaired) electrons. The molecule has 16 heavy (non-hydrogen) atoms. The van der Waals surface area contributed by atoms with Crippen molar-refractivity contribution < 1.29 is 17.9 Å². The first-order chi connectivity index (χ1) is 7.49. The summed E-state index contributed by atoms with van der Waals surface area (Å²) in [6.07, 6.45) is -2.06. The maximum absolute atomic E-state index is 11.6. The minimum Gasteiger partial charge on any atom is -0.313 e. The van der Waals surface area contributed by atoms with Crippen molar-refractivity contribution in [2.24, 2.45) is 0 Å². The average molecular weight is 240 g/mol. The Bertz CT molecular complexity index is 193. The van der Waals surface area contributed by atoms with Gasteiger partial charge in [-0.05, 0) is 32.9 Å². The van der Waals surface area contributed by atoms with Gasteiger partial charge >= 0.3 is 6.36 Å². The first-order valence-corrected chi connectivity index (χ1v) is 5.64. The molecule has 0 aromatic heterocycles. The molecule has 0 bridgehead atoms. The lowest BCUT2D eigenvalue weighted by molar-refractivity contribution is -0.323. The molecule has 1 atom stereocenters. The van der Waals surface area contributed by atoms with E-state index in [-0.39, 0.29) is 13.2 Å². The summed E-state index contributed by atoms with van der Waals surface area (Å²) in [4.78, 5) is 2.34. The van der Waals surface area contributed by atoms with Crippen LogP contribution in [0.25, 0.3) is 0 Å². The normalized spacial score (nSPS) is 20.2. The zero-order valence-electron chi connectivity index (χ0n) is 9.52. The fourth-order valence-electron chi connectivity index (χ4n) is 1.86. The van der Waals surface area contributed by atoms with Crippen LogP contribution in [0.2, 0.25) is 0 Å². The Morgan fingerprint density at radius 3 is 2.50 bits per heavy atom. The molecule has 0 saturated carbocycles. The topological polar surface area (TPSA) is 24.5 Å². The van der Waals surface area contributed by atoms with Crippen molar-refractivity contribution >= 4 is 0 Å². The van der Waals surface area contributed by atoms with Crippen molar-refractivity contribution in [1.29, 1.82) is 0 Å². The van der Waals surface area contributed by atoms with Gasteiger partial charge in [0, 0.05) is 19.1 Å². The number of ether oxygens (including phenoxy) is 1. The fraction of sp³-hybridized carbons (Fsp3) is 1.00. The second-order valence-electron chi connectivity index (χ2n) is 4.09. The van der Waals surface area contributed by atoms with E-state index in [1.165, 1.54) is 12.8 Å². The van der Waals surface area contributed by atoms with Crippen LogP contribution in [0.15, 0.2) is 0 Å². The van der Waals surface area contributed by atoms with Crippen LogP contribution in [-0.4, -0.2) is 50.1 Å². The Labute approximate surface area is 93.9 Å². The summed E-state index contributed by atoms with van der Waals surface area (Å²) in [5, 5.41) is 2.97. The van der Waals surface area contributed by atoms with Crippen molar-refractivity contribution in [2.45, 2.75) is 32.2 Å². The average Bonchev–Trinajstić information content (AvgIpc) is 2.67. The predicted molar refractivity (Wildman–Crippen MR) is 55.1 cm³/mol. The van der Waals surface area contributed by atoms with E-state index < -0.39 is 6.36 Å². The number of likely N-dealkylation sites (tertiary alicyclic amines) is 1. The molecular formula is C10H19F3N2O. The van der Waals surface area contributed by atoms with E-state index in [1.54, 1.807) is 0 Å². The summed E-state index contributed by atoms with van der Waals surface area (Å²) in [5.41, 5.74) is 0. The lowest BCUT2D eigenvalue weighted by Gasteiger charge is -2.23. The van der Waals surface area contributed by atoms with E-state index >= 15 is 0 Å². The lowest BCUT2D eigenvalue weighted by Crippen LogP contribution is -2.39. The minimum atomic E-state index is -4.51. The second-order valence-corrected chi connectivity index (χ2v) is 4.09. The van der Waals surface area contributed by atoms with Crippen LogP contribution >= 0.6 is 0 Å². The zero-order chi connectivity index (χ0) is 12.0. The van der Waals surface area contributed by atoms with Crippen molar-refractivity contribution in [2.75, 3.05) is 32.8 Å². The Morgan fingerprint density at radius 2 is 1.94 bits per heavy atom. The summed E-state index contributed by atoms with van der Waals surface area (Å²) in [5.74, 6) is 0. The van der Waals surface area contributed by atoms with Gasteiger partial charge in [-0.1, -0.05) is 0 Å². The third-order valence-corrected chi connectivity index (χ3v) is 2.75. The number of nitrogens with zero attached hydrogens (tertiary/aromatic N) is 1. The SMILES string of the molecule is CC(CNCCOC(F)(F)F)N1CCCC1. The van der Waals surface area contributed by atoms with Gasteiger partial charge in [0.15, 0.2) is 0 Å². The van der Waals surface area contributed by atoms with E-state index in [0.29, 0.717) is 12.6 Å². The molecule has 1 rings (SSSR count). The van der Waals surface area contributed by atoms with Gasteiger partial charge in [0.2, 0.25) is 0 Å². The van der Waals surface area contributed by atoms with Crippen LogP contribution in [0.4, 0.5) is 13.2 Å². The van der Waals surface area contributed by atoms with Crippen molar-refractivity contribution in [1.82, 2.24) is 10.2 Å². The molecule has 0 amide bonds. The van der Waals surface area contributed by atoms with Gasteiger partial charge in [-0.25, -0.2) is 0 Å². The van der Waals surface area contributed by atoms with Crippen LogP contribution in [0.5, 0.6) is 0 Å². The highest BCUT2D eigenvalue weighted by molar-refractivity contribution is 4.74. The second kappa shape index (κ2) is 6.42. The molecule has 0 aromatic carbocycles. The highest BCUT2D eigenvalue weighted by Gasteiger charge is 2.28. The Morgan fingerprint density at radius 1 is 1.31 bits per heavy atom. The first kappa shape index (κ1) is 13.7. The first-order valence-electron chi connectivity index (χ1n) is 5.64. The van der Waals surface area contributed by atoms with E-state index in [2.05, 4.69) is 21.9 Å². The van der Waals surface area contributed by atoms with Gasteiger partial charge in [0.05, 0.1) is 6.61 Å². The number of alkyl halides is 3. The number of nitrogens with one attached hydrogen (secondary N) is 1. The molecule has 0 aromatic rings. The number of hydrogen-bond acceptors (Lipinski definition) is 3. The van der Waals surface area contributed by atoms with Crippen molar-refractivity contribution in [3.63, 3.8) is 0 Å². The van der Waals surface area contributed by atoms with Crippen molar-refractivity contribution in [3.8, 4) is 0 Å².